The zero-order valence-corrected chi connectivity index (χ0v) is 18.3. The number of fused-ring (bicyclic) bond motifs is 1. The number of nitrogens with one attached hydrogen (secondary N) is 1. The molecule has 1 unspecified atom stereocenters. The molecule has 4 nitrogen and oxygen atoms in total. The highest BCUT2D eigenvalue weighted by Gasteiger charge is 2.12. The third kappa shape index (κ3) is 9.12. The molecule has 2 N–H and O–H groups in total. The minimum absolute atomic E-state index is 0.175. The lowest BCUT2D eigenvalue weighted by molar-refractivity contribution is 0.153. The molecule has 0 aliphatic heterocycles. The van der Waals surface area contributed by atoms with Crippen LogP contribution in [0, 0.1) is 0 Å². The Kier molecular flexibility index (Phi) is 11.7. The second-order valence-corrected chi connectivity index (χ2v) is 8.37. The Hall–Kier alpha value is -1.68. The fourth-order valence-corrected chi connectivity index (χ4v) is 3.93. The van der Waals surface area contributed by atoms with Gasteiger partial charge in [-0.05, 0) is 18.6 Å². The number of hydrogen-bond donors (Lipinski definition) is 2. The summed E-state index contributed by atoms with van der Waals surface area (Å²) in [5.74, 6) is 0.392. The number of benzene rings is 1. The number of aromatic amines is 1. The van der Waals surface area contributed by atoms with E-state index < -0.39 is 6.10 Å². The first kappa shape index (κ1) is 23.6. The first-order chi connectivity index (χ1) is 14.2. The molecule has 1 heterocycles. The summed E-state index contributed by atoms with van der Waals surface area (Å²) in [5.41, 5.74) is 0.469. The van der Waals surface area contributed by atoms with Crippen LogP contribution >= 0.6 is 0 Å². The van der Waals surface area contributed by atoms with Gasteiger partial charge in [-0.1, -0.05) is 109 Å². The maximum Gasteiger partial charge on any atom is 0.258 e. The first-order valence-electron chi connectivity index (χ1n) is 11.9. The molecule has 1 aromatic heterocycles. The fourth-order valence-electron chi connectivity index (χ4n) is 3.93. The van der Waals surface area contributed by atoms with Gasteiger partial charge in [-0.15, -0.1) is 0 Å². The van der Waals surface area contributed by atoms with Crippen molar-refractivity contribution in [3.8, 4) is 0 Å². The highest BCUT2D eigenvalue weighted by molar-refractivity contribution is 5.77. The third-order valence-electron chi connectivity index (χ3n) is 5.78. The monoisotopic (exact) mass is 400 g/mol. The number of aromatic nitrogens is 2. The molecule has 4 heteroatoms. The third-order valence-corrected chi connectivity index (χ3v) is 5.78. The highest BCUT2D eigenvalue weighted by atomic mass is 16.3. The van der Waals surface area contributed by atoms with Crippen LogP contribution in [0.3, 0.4) is 0 Å². The van der Waals surface area contributed by atoms with E-state index in [0.29, 0.717) is 23.1 Å². The van der Waals surface area contributed by atoms with Gasteiger partial charge in [0.2, 0.25) is 0 Å². The van der Waals surface area contributed by atoms with Gasteiger partial charge < -0.3 is 10.1 Å². The Labute approximate surface area is 176 Å². The number of unbranched alkanes of at least 4 members (excludes halogenated alkanes) is 13. The number of H-pyrrole nitrogens is 1. The summed E-state index contributed by atoms with van der Waals surface area (Å²) >= 11 is 0. The van der Waals surface area contributed by atoms with Gasteiger partial charge in [-0.2, -0.15) is 0 Å². The van der Waals surface area contributed by atoms with Gasteiger partial charge in [0.05, 0.1) is 10.9 Å². The molecule has 29 heavy (non-hydrogen) atoms. The van der Waals surface area contributed by atoms with Crippen molar-refractivity contribution in [2.24, 2.45) is 0 Å². The van der Waals surface area contributed by atoms with E-state index in [9.17, 15) is 9.90 Å². The van der Waals surface area contributed by atoms with Gasteiger partial charge in [0, 0.05) is 0 Å². The second-order valence-electron chi connectivity index (χ2n) is 8.37. The zero-order valence-electron chi connectivity index (χ0n) is 18.3. The molecule has 0 radical (unpaired) electrons. The quantitative estimate of drug-likeness (QED) is 0.304. The van der Waals surface area contributed by atoms with Crippen LogP contribution in [0.5, 0.6) is 0 Å². The molecule has 0 spiro atoms. The number of rotatable bonds is 16. The Bertz CT molecular complexity index is 741. The minimum atomic E-state index is -0.690. The lowest BCUT2D eigenvalue weighted by atomic mass is 10.0. The standard InChI is InChI=1S/C25H40N2O2/c1-2-3-4-5-6-7-8-9-10-11-12-13-14-15-20-23(28)24-26-22-19-17-16-18-21(22)25(29)27-24/h16-19,23,28H,2-15,20H2,1H3,(H,26,27,29). The van der Waals surface area contributed by atoms with E-state index in [0.717, 1.165) is 12.8 Å². The normalized spacial score (nSPS) is 12.5. The fraction of sp³-hybridized carbons (Fsp3) is 0.680. The average Bonchev–Trinajstić information content (AvgIpc) is 2.73. The van der Waals surface area contributed by atoms with E-state index in [-0.39, 0.29) is 5.56 Å². The van der Waals surface area contributed by atoms with Crippen LogP contribution in [-0.2, 0) is 0 Å². The van der Waals surface area contributed by atoms with Crippen molar-refractivity contribution in [1.82, 2.24) is 9.97 Å². The van der Waals surface area contributed by atoms with Crippen LogP contribution < -0.4 is 5.56 Å². The molecule has 0 amide bonds. The Morgan fingerprint density at radius 3 is 1.93 bits per heavy atom. The van der Waals surface area contributed by atoms with E-state index in [1.165, 1.54) is 77.0 Å². The van der Waals surface area contributed by atoms with Crippen LogP contribution in [0.4, 0.5) is 0 Å². The zero-order chi connectivity index (χ0) is 20.7. The Morgan fingerprint density at radius 2 is 1.34 bits per heavy atom. The van der Waals surface area contributed by atoms with Gasteiger partial charge in [0.25, 0.3) is 5.56 Å². The molecular weight excluding hydrogens is 360 g/mol. The van der Waals surface area contributed by atoms with Crippen molar-refractivity contribution in [2.45, 2.75) is 109 Å². The molecule has 162 valence electrons. The van der Waals surface area contributed by atoms with Crippen molar-refractivity contribution in [1.29, 1.82) is 0 Å². The molecule has 0 saturated heterocycles. The largest absolute Gasteiger partial charge is 0.385 e. The Balaban J connectivity index is 1.49. The molecule has 0 bridgehead atoms. The minimum Gasteiger partial charge on any atom is -0.385 e. The van der Waals surface area contributed by atoms with E-state index in [2.05, 4.69) is 16.9 Å². The molecule has 1 atom stereocenters. The number of aliphatic hydroxyl groups is 1. The topological polar surface area (TPSA) is 66.0 Å². The van der Waals surface area contributed by atoms with Gasteiger partial charge in [0.1, 0.15) is 11.9 Å². The van der Waals surface area contributed by atoms with Crippen molar-refractivity contribution < 1.29 is 5.11 Å². The van der Waals surface area contributed by atoms with Crippen LogP contribution in [-0.4, -0.2) is 15.1 Å². The second kappa shape index (κ2) is 14.3. The lowest BCUT2D eigenvalue weighted by Crippen LogP contribution is -2.14. The summed E-state index contributed by atoms with van der Waals surface area (Å²) < 4.78 is 0. The van der Waals surface area contributed by atoms with Gasteiger partial charge >= 0.3 is 0 Å². The maximum atomic E-state index is 12.1. The molecule has 0 aliphatic carbocycles. The van der Waals surface area contributed by atoms with E-state index in [1.807, 2.05) is 18.2 Å². The van der Waals surface area contributed by atoms with Crippen LogP contribution in [0.1, 0.15) is 115 Å². The Morgan fingerprint density at radius 1 is 0.828 bits per heavy atom. The van der Waals surface area contributed by atoms with E-state index in [1.54, 1.807) is 6.07 Å². The van der Waals surface area contributed by atoms with Crippen LogP contribution in [0.15, 0.2) is 29.1 Å². The summed E-state index contributed by atoms with van der Waals surface area (Å²) in [5, 5.41) is 10.9. The molecule has 0 fully saturated rings. The van der Waals surface area contributed by atoms with E-state index in [4.69, 9.17) is 0 Å². The highest BCUT2D eigenvalue weighted by Crippen LogP contribution is 2.19. The van der Waals surface area contributed by atoms with E-state index >= 15 is 0 Å². The van der Waals surface area contributed by atoms with Crippen LogP contribution in [0.2, 0.25) is 0 Å². The number of nitrogens with zero attached hydrogens (tertiary/aromatic N) is 1. The van der Waals surface area contributed by atoms with Gasteiger partial charge in [-0.25, -0.2) is 4.98 Å². The molecule has 0 aliphatic rings. The summed E-state index contributed by atoms with van der Waals surface area (Å²) in [6, 6.07) is 7.25. The predicted octanol–water partition coefficient (Wildman–Crippen LogP) is 6.83. The van der Waals surface area contributed by atoms with Crippen molar-refractivity contribution in [3.63, 3.8) is 0 Å². The van der Waals surface area contributed by atoms with Crippen molar-refractivity contribution in [3.05, 3.63) is 40.4 Å². The molecular formula is C25H40N2O2. The van der Waals surface area contributed by atoms with Crippen LogP contribution in [0.25, 0.3) is 10.9 Å². The molecule has 0 saturated carbocycles. The summed E-state index contributed by atoms with van der Waals surface area (Å²) in [4.78, 5) is 19.2. The summed E-state index contributed by atoms with van der Waals surface area (Å²) in [6.45, 7) is 2.27. The number of hydrogen-bond acceptors (Lipinski definition) is 3. The van der Waals surface area contributed by atoms with Crippen molar-refractivity contribution in [2.75, 3.05) is 0 Å². The van der Waals surface area contributed by atoms with Gasteiger partial charge in [0.15, 0.2) is 0 Å². The van der Waals surface area contributed by atoms with Gasteiger partial charge in [-0.3, -0.25) is 4.79 Å². The molecule has 2 aromatic rings. The van der Waals surface area contributed by atoms with Crippen molar-refractivity contribution >= 4 is 10.9 Å². The average molecular weight is 401 g/mol. The maximum absolute atomic E-state index is 12.1. The SMILES string of the molecule is CCCCCCCCCCCCCCCCC(O)c1nc2ccccc2c(=O)[nH]1. The molecule has 1 aromatic carbocycles. The summed E-state index contributed by atoms with van der Waals surface area (Å²) in [6.07, 6.45) is 18.4. The number of para-hydroxylation sites is 1. The smallest absolute Gasteiger partial charge is 0.258 e. The number of aliphatic hydroxyl groups excluding tert-OH is 1. The predicted molar refractivity (Wildman–Crippen MR) is 122 cm³/mol. The lowest BCUT2D eigenvalue weighted by Gasteiger charge is -2.10. The summed E-state index contributed by atoms with van der Waals surface area (Å²) in [7, 11) is 0. The first-order valence-corrected chi connectivity index (χ1v) is 11.9. The molecule has 2 rings (SSSR count).